The maximum absolute atomic E-state index is 12.1. The molecule has 0 spiro atoms. The number of aromatic amines is 1. The molecule has 0 saturated carbocycles. The van der Waals surface area contributed by atoms with Crippen LogP contribution in [0.2, 0.25) is 0 Å². The summed E-state index contributed by atoms with van der Waals surface area (Å²) in [6, 6.07) is 0. The van der Waals surface area contributed by atoms with Crippen LogP contribution in [-0.4, -0.2) is 35.7 Å². The van der Waals surface area contributed by atoms with Gasteiger partial charge in [0.15, 0.2) is 0 Å². The SMILES string of the molecule is CCn1ncc(Cn2cc(NC(=O)c3[nH]ncc3Br)cn2)c1C. The van der Waals surface area contributed by atoms with Gasteiger partial charge in [-0.25, -0.2) is 0 Å². The van der Waals surface area contributed by atoms with E-state index in [0.717, 1.165) is 17.8 Å². The van der Waals surface area contributed by atoms with E-state index in [2.05, 4.69) is 48.6 Å². The molecule has 0 bridgehead atoms. The van der Waals surface area contributed by atoms with Crippen LogP contribution >= 0.6 is 15.9 Å². The molecule has 3 rings (SSSR count). The van der Waals surface area contributed by atoms with Crippen molar-refractivity contribution in [2.45, 2.75) is 26.9 Å². The molecule has 0 fully saturated rings. The highest BCUT2D eigenvalue weighted by molar-refractivity contribution is 9.10. The fourth-order valence-electron chi connectivity index (χ4n) is 2.27. The Kier molecular flexibility index (Phi) is 4.28. The predicted molar refractivity (Wildman–Crippen MR) is 88.2 cm³/mol. The molecule has 3 aromatic rings. The second-order valence-corrected chi connectivity index (χ2v) is 5.90. The molecule has 0 aromatic carbocycles. The third kappa shape index (κ3) is 3.19. The number of nitrogens with zero attached hydrogens (tertiary/aromatic N) is 5. The number of anilines is 1. The number of aryl methyl sites for hydroxylation is 1. The molecular weight excluding hydrogens is 362 g/mol. The van der Waals surface area contributed by atoms with Crippen LogP contribution in [0, 0.1) is 6.92 Å². The van der Waals surface area contributed by atoms with Crippen molar-refractivity contribution in [1.29, 1.82) is 0 Å². The van der Waals surface area contributed by atoms with E-state index >= 15 is 0 Å². The maximum atomic E-state index is 12.1. The fraction of sp³-hybridized carbons (Fsp3) is 0.286. The first kappa shape index (κ1) is 15.5. The fourth-order valence-corrected chi connectivity index (χ4v) is 2.64. The Labute approximate surface area is 141 Å². The van der Waals surface area contributed by atoms with Crippen LogP contribution in [0.4, 0.5) is 5.69 Å². The highest BCUT2D eigenvalue weighted by Gasteiger charge is 2.13. The molecule has 3 heterocycles. The van der Waals surface area contributed by atoms with Gasteiger partial charge in [0, 0.05) is 24.0 Å². The maximum Gasteiger partial charge on any atom is 0.274 e. The molecule has 8 nitrogen and oxygen atoms in total. The molecule has 0 unspecified atom stereocenters. The third-order valence-corrected chi connectivity index (χ3v) is 4.15. The number of hydrogen-bond acceptors (Lipinski definition) is 4. The molecule has 0 aliphatic carbocycles. The number of H-pyrrole nitrogens is 1. The van der Waals surface area contributed by atoms with Gasteiger partial charge in [0.25, 0.3) is 5.91 Å². The van der Waals surface area contributed by atoms with Crippen molar-refractivity contribution in [3.63, 3.8) is 0 Å². The van der Waals surface area contributed by atoms with E-state index < -0.39 is 0 Å². The number of aromatic nitrogens is 6. The number of halogens is 1. The van der Waals surface area contributed by atoms with Crippen LogP contribution in [0.15, 0.2) is 29.3 Å². The summed E-state index contributed by atoms with van der Waals surface area (Å²) in [7, 11) is 0. The minimum absolute atomic E-state index is 0.274. The lowest BCUT2D eigenvalue weighted by molar-refractivity contribution is 0.102. The van der Waals surface area contributed by atoms with Crippen molar-refractivity contribution in [1.82, 2.24) is 29.8 Å². The Hall–Kier alpha value is -2.42. The average Bonchev–Trinajstić information content (AvgIpc) is 3.22. The van der Waals surface area contributed by atoms with E-state index in [1.54, 1.807) is 17.1 Å². The van der Waals surface area contributed by atoms with E-state index in [-0.39, 0.29) is 5.91 Å². The largest absolute Gasteiger partial charge is 0.318 e. The van der Waals surface area contributed by atoms with Gasteiger partial charge in [-0.2, -0.15) is 15.3 Å². The molecule has 1 amide bonds. The van der Waals surface area contributed by atoms with E-state index in [4.69, 9.17) is 0 Å². The minimum Gasteiger partial charge on any atom is -0.318 e. The van der Waals surface area contributed by atoms with Crippen LogP contribution < -0.4 is 5.32 Å². The van der Waals surface area contributed by atoms with Crippen LogP contribution in [-0.2, 0) is 13.1 Å². The van der Waals surface area contributed by atoms with Crippen LogP contribution in [0.25, 0.3) is 0 Å². The van der Waals surface area contributed by atoms with Gasteiger partial charge in [0.05, 0.1) is 35.3 Å². The minimum atomic E-state index is -0.274. The second kappa shape index (κ2) is 6.37. The lowest BCUT2D eigenvalue weighted by Gasteiger charge is -2.03. The van der Waals surface area contributed by atoms with Crippen LogP contribution in [0.1, 0.15) is 28.7 Å². The summed E-state index contributed by atoms with van der Waals surface area (Å²) in [5.74, 6) is -0.274. The molecule has 0 aliphatic heterocycles. The Bertz CT molecular complexity index is 832. The predicted octanol–water partition coefficient (Wildman–Crippen LogP) is 2.19. The summed E-state index contributed by atoms with van der Waals surface area (Å²) in [5, 5.41) is 17.8. The zero-order chi connectivity index (χ0) is 16.4. The van der Waals surface area contributed by atoms with Crippen molar-refractivity contribution >= 4 is 27.5 Å². The molecular formula is C14H16BrN7O. The summed E-state index contributed by atoms with van der Waals surface area (Å²) in [6.07, 6.45) is 6.78. The molecule has 120 valence electrons. The Morgan fingerprint density at radius 1 is 1.35 bits per heavy atom. The number of amides is 1. The third-order valence-electron chi connectivity index (χ3n) is 3.55. The van der Waals surface area contributed by atoms with E-state index in [0.29, 0.717) is 22.4 Å². The molecule has 23 heavy (non-hydrogen) atoms. The number of hydrogen-bond donors (Lipinski definition) is 2. The molecule has 0 atom stereocenters. The zero-order valence-corrected chi connectivity index (χ0v) is 14.3. The number of nitrogens with one attached hydrogen (secondary N) is 2. The van der Waals surface area contributed by atoms with Gasteiger partial charge in [-0.15, -0.1) is 0 Å². The zero-order valence-electron chi connectivity index (χ0n) is 12.7. The summed E-state index contributed by atoms with van der Waals surface area (Å²) in [4.78, 5) is 12.1. The van der Waals surface area contributed by atoms with Crippen molar-refractivity contribution < 1.29 is 4.79 Å². The Balaban J connectivity index is 1.69. The number of carbonyl (C=O) groups is 1. The van der Waals surface area contributed by atoms with E-state index in [1.807, 2.05) is 17.8 Å². The highest BCUT2D eigenvalue weighted by Crippen LogP contribution is 2.16. The van der Waals surface area contributed by atoms with Gasteiger partial charge >= 0.3 is 0 Å². The molecule has 2 N–H and O–H groups in total. The number of rotatable bonds is 5. The van der Waals surface area contributed by atoms with Crippen molar-refractivity contribution in [2.24, 2.45) is 0 Å². The van der Waals surface area contributed by atoms with Crippen molar-refractivity contribution in [3.05, 3.63) is 46.2 Å². The Morgan fingerprint density at radius 3 is 2.83 bits per heavy atom. The van der Waals surface area contributed by atoms with E-state index in [9.17, 15) is 4.79 Å². The first-order valence-corrected chi connectivity index (χ1v) is 7.91. The molecule has 0 saturated heterocycles. The van der Waals surface area contributed by atoms with Gasteiger partial charge in [-0.3, -0.25) is 19.3 Å². The van der Waals surface area contributed by atoms with Gasteiger partial charge in [0.1, 0.15) is 5.69 Å². The average molecular weight is 378 g/mol. The first-order chi connectivity index (χ1) is 11.1. The highest BCUT2D eigenvalue weighted by atomic mass is 79.9. The second-order valence-electron chi connectivity index (χ2n) is 5.04. The van der Waals surface area contributed by atoms with Crippen molar-refractivity contribution in [2.75, 3.05) is 5.32 Å². The Morgan fingerprint density at radius 2 is 2.17 bits per heavy atom. The van der Waals surface area contributed by atoms with Crippen LogP contribution in [0.3, 0.4) is 0 Å². The van der Waals surface area contributed by atoms with Crippen molar-refractivity contribution in [3.8, 4) is 0 Å². The molecule has 3 aromatic heterocycles. The van der Waals surface area contributed by atoms with Gasteiger partial charge in [-0.05, 0) is 29.8 Å². The van der Waals surface area contributed by atoms with Gasteiger partial charge in [-0.1, -0.05) is 0 Å². The molecule has 0 radical (unpaired) electrons. The normalized spacial score (nSPS) is 10.9. The van der Waals surface area contributed by atoms with Crippen LogP contribution in [0.5, 0.6) is 0 Å². The van der Waals surface area contributed by atoms with Gasteiger partial charge in [0.2, 0.25) is 0 Å². The first-order valence-electron chi connectivity index (χ1n) is 7.12. The lowest BCUT2D eigenvalue weighted by atomic mass is 10.2. The number of carbonyl (C=O) groups excluding carboxylic acids is 1. The monoisotopic (exact) mass is 377 g/mol. The molecule has 9 heteroatoms. The summed E-state index contributed by atoms with van der Waals surface area (Å²) in [5.41, 5.74) is 3.22. The summed E-state index contributed by atoms with van der Waals surface area (Å²) in [6.45, 7) is 5.54. The quantitative estimate of drug-likeness (QED) is 0.712. The standard InChI is InChI=1S/C14H16BrN7O/c1-3-22-9(2)10(4-18-22)7-21-8-11(5-17-21)19-14(23)13-12(15)6-16-20-13/h4-6,8H,3,7H2,1-2H3,(H,16,20)(H,19,23). The lowest BCUT2D eigenvalue weighted by Crippen LogP contribution is -2.12. The van der Waals surface area contributed by atoms with Gasteiger partial charge < -0.3 is 5.32 Å². The van der Waals surface area contributed by atoms with E-state index in [1.165, 1.54) is 6.20 Å². The smallest absolute Gasteiger partial charge is 0.274 e. The topological polar surface area (TPSA) is 93.4 Å². The summed E-state index contributed by atoms with van der Waals surface area (Å²) < 4.78 is 4.32. The summed E-state index contributed by atoms with van der Waals surface area (Å²) >= 11 is 3.26. The molecule has 0 aliphatic rings.